The molecular weight excluding hydrogens is 348 g/mol. The highest BCUT2D eigenvalue weighted by molar-refractivity contribution is 7.99. The van der Waals surface area contributed by atoms with E-state index in [0.29, 0.717) is 13.2 Å². The van der Waals surface area contributed by atoms with Crippen LogP contribution in [0.2, 0.25) is 0 Å². The maximum absolute atomic E-state index is 6.25. The third-order valence-corrected chi connectivity index (χ3v) is 5.65. The van der Waals surface area contributed by atoms with Crippen molar-refractivity contribution in [2.75, 3.05) is 6.61 Å². The molecule has 26 heavy (non-hydrogen) atoms. The van der Waals surface area contributed by atoms with Crippen molar-refractivity contribution in [1.82, 2.24) is 0 Å². The summed E-state index contributed by atoms with van der Waals surface area (Å²) in [6.07, 6.45) is -0.339. The molecule has 2 fully saturated rings. The molecule has 4 nitrogen and oxygen atoms in total. The first-order valence-electron chi connectivity index (χ1n) is 8.95. The van der Waals surface area contributed by atoms with Gasteiger partial charge in [-0.2, -0.15) is 0 Å². The Morgan fingerprint density at radius 3 is 2.31 bits per heavy atom. The Bertz CT molecular complexity index is 706. The van der Waals surface area contributed by atoms with E-state index in [9.17, 15) is 0 Å². The monoisotopic (exact) mass is 372 g/mol. The lowest BCUT2D eigenvalue weighted by Gasteiger charge is -2.24. The summed E-state index contributed by atoms with van der Waals surface area (Å²) in [6, 6.07) is 20.4. The van der Waals surface area contributed by atoms with Gasteiger partial charge in [0.05, 0.1) is 13.2 Å². The van der Waals surface area contributed by atoms with Gasteiger partial charge in [0, 0.05) is 4.90 Å². The van der Waals surface area contributed by atoms with Gasteiger partial charge in [0.15, 0.2) is 5.79 Å². The van der Waals surface area contributed by atoms with Gasteiger partial charge in [0.1, 0.15) is 23.7 Å². The molecule has 0 aliphatic carbocycles. The zero-order valence-corrected chi connectivity index (χ0v) is 15.9. The number of hydrogen-bond acceptors (Lipinski definition) is 5. The standard InChI is InChI=1S/C21H24O4S/c1-21(2)24-18-17(14-22-13-15-9-5-3-6-10-15)23-20(19(18)25-21)26-16-11-7-4-8-12-16/h3-12,17-20H,13-14H2,1-2H3/t17-,18-,19+,20-/m1/s1. The maximum Gasteiger partial charge on any atom is 0.164 e. The van der Waals surface area contributed by atoms with Crippen molar-refractivity contribution in [3.63, 3.8) is 0 Å². The molecule has 4 atom stereocenters. The molecule has 0 saturated carbocycles. The molecule has 2 aromatic rings. The third kappa shape index (κ3) is 4.13. The molecule has 5 heteroatoms. The van der Waals surface area contributed by atoms with Crippen LogP contribution in [0.15, 0.2) is 65.6 Å². The summed E-state index contributed by atoms with van der Waals surface area (Å²) in [4.78, 5) is 1.16. The SMILES string of the molecule is CC1(C)O[C@H]2[C@H](O1)[C@@H](COCc1ccccc1)O[C@@H]2Sc1ccccc1. The van der Waals surface area contributed by atoms with E-state index >= 15 is 0 Å². The Kier molecular flexibility index (Phi) is 5.34. The zero-order chi connectivity index (χ0) is 18.0. The summed E-state index contributed by atoms with van der Waals surface area (Å²) in [5.41, 5.74) is 1.05. The average molecular weight is 372 g/mol. The van der Waals surface area contributed by atoms with Crippen LogP contribution in [-0.4, -0.2) is 36.1 Å². The predicted molar refractivity (Wildman–Crippen MR) is 101 cm³/mol. The third-order valence-electron chi connectivity index (χ3n) is 4.50. The average Bonchev–Trinajstić information content (AvgIpc) is 3.11. The molecule has 0 unspecified atom stereocenters. The minimum absolute atomic E-state index is 0.0967. The van der Waals surface area contributed by atoms with E-state index in [1.807, 2.05) is 50.2 Å². The van der Waals surface area contributed by atoms with Crippen molar-refractivity contribution in [3.8, 4) is 0 Å². The Labute approximate surface area is 158 Å². The van der Waals surface area contributed by atoms with Crippen molar-refractivity contribution in [3.05, 3.63) is 66.2 Å². The number of ether oxygens (including phenoxy) is 4. The van der Waals surface area contributed by atoms with Gasteiger partial charge in [-0.1, -0.05) is 60.3 Å². The summed E-state index contributed by atoms with van der Waals surface area (Å²) in [6.45, 7) is 4.97. The predicted octanol–water partition coefficient (Wildman–Crippen LogP) is 4.24. The number of thioether (sulfide) groups is 1. The maximum atomic E-state index is 6.25. The minimum Gasteiger partial charge on any atom is -0.374 e. The van der Waals surface area contributed by atoms with Gasteiger partial charge in [-0.05, 0) is 31.5 Å². The lowest BCUT2D eigenvalue weighted by molar-refractivity contribution is -0.183. The topological polar surface area (TPSA) is 36.9 Å². The van der Waals surface area contributed by atoms with Crippen LogP contribution in [0.3, 0.4) is 0 Å². The van der Waals surface area contributed by atoms with Gasteiger partial charge in [0.25, 0.3) is 0 Å². The molecule has 138 valence electrons. The van der Waals surface area contributed by atoms with Crippen LogP contribution < -0.4 is 0 Å². The molecule has 0 amide bonds. The molecule has 2 aliphatic rings. The molecule has 2 heterocycles. The quantitative estimate of drug-likeness (QED) is 0.758. The van der Waals surface area contributed by atoms with Gasteiger partial charge in [0.2, 0.25) is 0 Å². The largest absolute Gasteiger partial charge is 0.374 e. The van der Waals surface area contributed by atoms with Crippen LogP contribution in [0.5, 0.6) is 0 Å². The normalized spacial score (nSPS) is 29.6. The fraction of sp³-hybridized carbons (Fsp3) is 0.429. The zero-order valence-electron chi connectivity index (χ0n) is 15.0. The van der Waals surface area contributed by atoms with E-state index in [-0.39, 0.29) is 23.7 Å². The van der Waals surface area contributed by atoms with Gasteiger partial charge in [-0.25, -0.2) is 0 Å². The summed E-state index contributed by atoms with van der Waals surface area (Å²) >= 11 is 1.68. The number of rotatable bonds is 6. The minimum atomic E-state index is -0.591. The highest BCUT2D eigenvalue weighted by Gasteiger charge is 2.55. The van der Waals surface area contributed by atoms with E-state index in [1.54, 1.807) is 11.8 Å². The van der Waals surface area contributed by atoms with Crippen LogP contribution in [0.25, 0.3) is 0 Å². The fourth-order valence-electron chi connectivity index (χ4n) is 3.37. The van der Waals surface area contributed by atoms with E-state index < -0.39 is 5.79 Å². The number of benzene rings is 2. The lowest BCUT2D eigenvalue weighted by Crippen LogP contribution is -2.32. The van der Waals surface area contributed by atoms with E-state index in [4.69, 9.17) is 18.9 Å². The Hall–Kier alpha value is -1.37. The lowest BCUT2D eigenvalue weighted by atomic mass is 10.1. The van der Waals surface area contributed by atoms with E-state index in [2.05, 4.69) is 24.3 Å². The second kappa shape index (κ2) is 7.71. The molecule has 2 aliphatic heterocycles. The summed E-state index contributed by atoms with van der Waals surface area (Å²) in [5.74, 6) is -0.591. The molecule has 2 saturated heterocycles. The van der Waals surface area contributed by atoms with Crippen molar-refractivity contribution < 1.29 is 18.9 Å². The molecule has 4 rings (SSSR count). The van der Waals surface area contributed by atoms with Gasteiger partial charge >= 0.3 is 0 Å². The number of fused-ring (bicyclic) bond motifs is 1. The van der Waals surface area contributed by atoms with Crippen molar-refractivity contribution >= 4 is 11.8 Å². The highest BCUT2D eigenvalue weighted by Crippen LogP contribution is 2.44. The van der Waals surface area contributed by atoms with Crippen LogP contribution in [0, 0.1) is 0 Å². The van der Waals surface area contributed by atoms with Crippen molar-refractivity contribution in [2.45, 2.75) is 54.9 Å². The van der Waals surface area contributed by atoms with Crippen molar-refractivity contribution in [2.24, 2.45) is 0 Å². The number of hydrogen-bond donors (Lipinski definition) is 0. The van der Waals surface area contributed by atoms with Crippen LogP contribution >= 0.6 is 11.8 Å². The smallest absolute Gasteiger partial charge is 0.164 e. The second-order valence-electron chi connectivity index (χ2n) is 7.04. The fourth-order valence-corrected chi connectivity index (χ4v) is 4.50. The first kappa shape index (κ1) is 18.0. The Balaban J connectivity index is 1.40. The summed E-state index contributed by atoms with van der Waals surface area (Å²) in [5, 5.41) is 0. The van der Waals surface area contributed by atoms with Gasteiger partial charge < -0.3 is 18.9 Å². The Morgan fingerprint density at radius 2 is 1.58 bits per heavy atom. The first-order valence-corrected chi connectivity index (χ1v) is 9.83. The van der Waals surface area contributed by atoms with Gasteiger partial charge in [-0.3, -0.25) is 0 Å². The van der Waals surface area contributed by atoms with E-state index in [0.717, 1.165) is 10.5 Å². The second-order valence-corrected chi connectivity index (χ2v) is 8.21. The summed E-state index contributed by atoms with van der Waals surface area (Å²) in [7, 11) is 0. The van der Waals surface area contributed by atoms with E-state index in [1.165, 1.54) is 0 Å². The molecule has 0 bridgehead atoms. The highest BCUT2D eigenvalue weighted by atomic mass is 32.2. The molecule has 2 aromatic carbocycles. The molecular formula is C21H24O4S. The van der Waals surface area contributed by atoms with Crippen molar-refractivity contribution in [1.29, 1.82) is 0 Å². The van der Waals surface area contributed by atoms with Crippen LogP contribution in [0.1, 0.15) is 19.4 Å². The van der Waals surface area contributed by atoms with Crippen LogP contribution in [-0.2, 0) is 25.6 Å². The molecule has 0 spiro atoms. The molecule has 0 N–H and O–H groups in total. The molecule has 0 radical (unpaired) electrons. The Morgan fingerprint density at radius 1 is 0.923 bits per heavy atom. The molecule has 0 aromatic heterocycles. The summed E-state index contributed by atoms with van der Waals surface area (Å²) < 4.78 is 24.4. The van der Waals surface area contributed by atoms with Crippen LogP contribution in [0.4, 0.5) is 0 Å². The van der Waals surface area contributed by atoms with Gasteiger partial charge in [-0.15, -0.1) is 0 Å². The first-order chi connectivity index (χ1) is 12.6.